The van der Waals surface area contributed by atoms with Crippen molar-refractivity contribution in [1.82, 2.24) is 9.97 Å². The van der Waals surface area contributed by atoms with Crippen LogP contribution in [0.2, 0.25) is 0 Å². The van der Waals surface area contributed by atoms with Gasteiger partial charge < -0.3 is 15.8 Å². The zero-order chi connectivity index (χ0) is 12.8. The van der Waals surface area contributed by atoms with Gasteiger partial charge in [0.25, 0.3) is 0 Å². The lowest BCUT2D eigenvalue weighted by atomic mass is 10.2. The average molecular weight is 242 g/mol. The number of nitrogens with two attached hydrogens (primary N) is 1. The largest absolute Gasteiger partial charge is 0.394 e. The Balaban J connectivity index is 3.09. The van der Waals surface area contributed by atoms with Crippen LogP contribution in [0.15, 0.2) is 6.33 Å². The Kier molecular flexibility index (Phi) is 4.55. The quantitative estimate of drug-likeness (QED) is 0.307. The maximum absolute atomic E-state index is 10.9. The van der Waals surface area contributed by atoms with Crippen LogP contribution in [0, 0.1) is 10.1 Å². The molecule has 1 unspecified atom stereocenters. The molecule has 5 N–H and O–H groups in total. The van der Waals surface area contributed by atoms with Crippen molar-refractivity contribution in [2.45, 2.75) is 19.4 Å². The van der Waals surface area contributed by atoms with Gasteiger partial charge in [-0.3, -0.25) is 10.1 Å². The third kappa shape index (κ3) is 2.98. The van der Waals surface area contributed by atoms with Crippen molar-refractivity contribution in [3.63, 3.8) is 0 Å². The Morgan fingerprint density at radius 3 is 2.71 bits per heavy atom. The van der Waals surface area contributed by atoms with E-state index in [-0.39, 0.29) is 30.0 Å². The predicted molar refractivity (Wildman–Crippen MR) is 61.3 cm³/mol. The Hall–Kier alpha value is -2.00. The van der Waals surface area contributed by atoms with Gasteiger partial charge in [-0.25, -0.2) is 15.8 Å². The van der Waals surface area contributed by atoms with Gasteiger partial charge in [0, 0.05) is 0 Å². The minimum Gasteiger partial charge on any atom is -0.394 e. The van der Waals surface area contributed by atoms with Gasteiger partial charge in [0.05, 0.1) is 17.6 Å². The number of aliphatic hydroxyl groups excluding tert-OH is 1. The van der Waals surface area contributed by atoms with E-state index in [1.807, 2.05) is 6.92 Å². The molecular weight excluding hydrogens is 228 g/mol. The van der Waals surface area contributed by atoms with E-state index in [2.05, 4.69) is 20.7 Å². The van der Waals surface area contributed by atoms with Gasteiger partial charge in [-0.1, -0.05) is 6.92 Å². The van der Waals surface area contributed by atoms with E-state index in [1.54, 1.807) is 0 Å². The Morgan fingerprint density at radius 1 is 1.59 bits per heavy atom. The number of aliphatic hydroxyl groups is 1. The smallest absolute Gasteiger partial charge is 0.354 e. The van der Waals surface area contributed by atoms with Crippen molar-refractivity contribution in [2.24, 2.45) is 5.84 Å². The zero-order valence-electron chi connectivity index (χ0n) is 9.25. The molecule has 0 amide bonds. The van der Waals surface area contributed by atoms with Crippen LogP contribution in [-0.2, 0) is 0 Å². The van der Waals surface area contributed by atoms with Gasteiger partial charge in [0.1, 0.15) is 6.33 Å². The first kappa shape index (κ1) is 13.1. The summed E-state index contributed by atoms with van der Waals surface area (Å²) >= 11 is 0. The Morgan fingerprint density at radius 2 is 2.24 bits per heavy atom. The zero-order valence-corrected chi connectivity index (χ0v) is 9.25. The summed E-state index contributed by atoms with van der Waals surface area (Å²) in [7, 11) is 0. The molecule has 1 aromatic heterocycles. The molecule has 0 aliphatic heterocycles. The summed E-state index contributed by atoms with van der Waals surface area (Å²) in [5.41, 5.74) is 1.79. The van der Waals surface area contributed by atoms with Crippen molar-refractivity contribution in [3.8, 4) is 0 Å². The van der Waals surface area contributed by atoms with Crippen LogP contribution >= 0.6 is 0 Å². The second-order valence-corrected chi connectivity index (χ2v) is 3.25. The summed E-state index contributed by atoms with van der Waals surface area (Å²) in [5.74, 6) is 5.07. The summed E-state index contributed by atoms with van der Waals surface area (Å²) in [6.07, 6.45) is 1.75. The molecule has 0 spiro atoms. The molecule has 0 aliphatic rings. The minimum atomic E-state index is -0.637. The van der Waals surface area contributed by atoms with E-state index < -0.39 is 4.92 Å². The molecule has 0 bridgehead atoms. The standard InChI is InChI=1S/C8H14N6O3/c1-2-5(3-15)12-7-6(14(16)17)8(13-9)11-4-10-7/h4-5,15H,2-3,9H2,1H3,(H2,10,11,12,13). The molecule has 1 aromatic rings. The SMILES string of the molecule is CCC(CO)Nc1ncnc(NN)c1[N+](=O)[O-]. The van der Waals surface area contributed by atoms with Crippen LogP contribution in [0.4, 0.5) is 17.3 Å². The van der Waals surface area contributed by atoms with Crippen LogP contribution < -0.4 is 16.6 Å². The summed E-state index contributed by atoms with van der Waals surface area (Å²) in [4.78, 5) is 17.7. The van der Waals surface area contributed by atoms with E-state index in [1.165, 1.54) is 0 Å². The first-order valence-corrected chi connectivity index (χ1v) is 4.97. The highest BCUT2D eigenvalue weighted by atomic mass is 16.6. The summed E-state index contributed by atoms with van der Waals surface area (Å²) in [5, 5.41) is 22.7. The maximum Gasteiger partial charge on any atom is 0.354 e. The number of anilines is 2. The molecule has 94 valence electrons. The average Bonchev–Trinajstić information content (AvgIpc) is 2.34. The van der Waals surface area contributed by atoms with Gasteiger partial charge in [-0.15, -0.1) is 0 Å². The number of nitro groups is 1. The van der Waals surface area contributed by atoms with Crippen molar-refractivity contribution in [1.29, 1.82) is 0 Å². The molecule has 9 nitrogen and oxygen atoms in total. The summed E-state index contributed by atoms with van der Waals surface area (Å²) in [6, 6.07) is -0.311. The Labute approximate surface area is 97.2 Å². The topological polar surface area (TPSA) is 139 Å². The van der Waals surface area contributed by atoms with Crippen LogP contribution in [0.1, 0.15) is 13.3 Å². The van der Waals surface area contributed by atoms with Crippen molar-refractivity contribution in [3.05, 3.63) is 16.4 Å². The summed E-state index contributed by atoms with van der Waals surface area (Å²) in [6.45, 7) is 1.69. The number of nitrogens with zero attached hydrogens (tertiary/aromatic N) is 3. The number of hydrogen-bond donors (Lipinski definition) is 4. The van der Waals surface area contributed by atoms with Crippen LogP contribution in [0.5, 0.6) is 0 Å². The normalized spacial score (nSPS) is 11.9. The number of hydrogen-bond acceptors (Lipinski definition) is 8. The lowest BCUT2D eigenvalue weighted by Gasteiger charge is -2.14. The highest BCUT2D eigenvalue weighted by Crippen LogP contribution is 2.28. The van der Waals surface area contributed by atoms with Crippen molar-refractivity contribution in [2.75, 3.05) is 17.3 Å². The summed E-state index contributed by atoms with van der Waals surface area (Å²) < 4.78 is 0. The molecule has 17 heavy (non-hydrogen) atoms. The second kappa shape index (κ2) is 5.92. The van der Waals surface area contributed by atoms with Crippen LogP contribution in [-0.4, -0.2) is 32.6 Å². The fraction of sp³-hybridized carbons (Fsp3) is 0.500. The van der Waals surface area contributed by atoms with Crippen molar-refractivity contribution >= 4 is 17.3 Å². The third-order valence-corrected chi connectivity index (χ3v) is 2.20. The molecule has 0 aromatic carbocycles. The molecule has 0 saturated heterocycles. The van der Waals surface area contributed by atoms with Crippen LogP contribution in [0.3, 0.4) is 0 Å². The molecule has 0 radical (unpaired) electrons. The highest BCUT2D eigenvalue weighted by Gasteiger charge is 2.23. The molecule has 0 saturated carbocycles. The van der Waals surface area contributed by atoms with Gasteiger partial charge in [-0.2, -0.15) is 0 Å². The molecular formula is C8H14N6O3. The third-order valence-electron chi connectivity index (χ3n) is 2.20. The number of rotatable bonds is 6. The number of aromatic nitrogens is 2. The predicted octanol–water partition coefficient (Wildman–Crippen LogP) is -0.147. The molecule has 1 rings (SSSR count). The number of hydrazine groups is 1. The minimum absolute atomic E-state index is 0.0267. The van der Waals surface area contributed by atoms with Crippen molar-refractivity contribution < 1.29 is 10.0 Å². The monoisotopic (exact) mass is 242 g/mol. The fourth-order valence-electron chi connectivity index (χ4n) is 1.23. The first-order chi connectivity index (χ1) is 8.13. The van der Waals surface area contributed by atoms with Gasteiger partial charge in [-0.05, 0) is 6.42 Å². The lowest BCUT2D eigenvalue weighted by Crippen LogP contribution is -2.24. The van der Waals surface area contributed by atoms with Gasteiger partial charge in [0.15, 0.2) is 0 Å². The van der Waals surface area contributed by atoms with E-state index >= 15 is 0 Å². The van der Waals surface area contributed by atoms with E-state index in [9.17, 15) is 10.1 Å². The Bertz CT molecular complexity index is 395. The second-order valence-electron chi connectivity index (χ2n) is 3.25. The molecule has 9 heteroatoms. The van der Waals surface area contributed by atoms with E-state index in [4.69, 9.17) is 10.9 Å². The highest BCUT2D eigenvalue weighted by molar-refractivity contribution is 5.69. The molecule has 1 heterocycles. The van der Waals surface area contributed by atoms with Crippen LogP contribution in [0.25, 0.3) is 0 Å². The number of nitrogen functional groups attached to an aromatic ring is 1. The fourth-order valence-corrected chi connectivity index (χ4v) is 1.23. The maximum atomic E-state index is 10.9. The molecule has 1 atom stereocenters. The van der Waals surface area contributed by atoms with E-state index in [0.717, 1.165) is 6.33 Å². The molecule has 0 aliphatic carbocycles. The van der Waals surface area contributed by atoms with E-state index in [0.29, 0.717) is 6.42 Å². The van der Waals surface area contributed by atoms with Gasteiger partial charge >= 0.3 is 5.69 Å². The van der Waals surface area contributed by atoms with Gasteiger partial charge in [0.2, 0.25) is 11.6 Å². The number of nitrogens with one attached hydrogen (secondary N) is 2. The molecule has 0 fully saturated rings. The first-order valence-electron chi connectivity index (χ1n) is 4.97. The lowest BCUT2D eigenvalue weighted by molar-refractivity contribution is -0.383.